The molecule has 3 heteroatoms. The fraction of sp³-hybridized carbons (Fsp3) is 0.500. The topological polar surface area (TPSA) is 16.9 Å². The maximum absolute atomic E-state index is 5.36. The van der Waals surface area contributed by atoms with Gasteiger partial charge in [-0.1, -0.05) is 0 Å². The summed E-state index contributed by atoms with van der Waals surface area (Å²) >= 11 is 0. The van der Waals surface area contributed by atoms with Crippen LogP contribution in [0.3, 0.4) is 0 Å². The van der Waals surface area contributed by atoms with E-state index in [-0.39, 0.29) is 0 Å². The molecule has 2 heterocycles. The van der Waals surface area contributed by atoms with E-state index in [1.165, 1.54) is 41.6 Å². The molecule has 0 aromatic carbocycles. The number of hydrogen-bond donors (Lipinski definition) is 0. The first-order valence-electron chi connectivity index (χ1n) is 6.97. The molecule has 0 aliphatic heterocycles. The molecule has 2 aromatic rings. The molecule has 3 rings (SSSR count). The highest BCUT2D eigenvalue weighted by Gasteiger charge is 2.27. The minimum absolute atomic E-state index is 0.551. The molecule has 0 N–H and O–H groups in total. The fourth-order valence-electron chi connectivity index (χ4n) is 3.44. The molecule has 1 atom stereocenters. The molecule has 0 fully saturated rings. The molecule has 2 aromatic heterocycles. The van der Waals surface area contributed by atoms with Crippen molar-refractivity contribution in [2.24, 2.45) is 0 Å². The molecule has 19 heavy (non-hydrogen) atoms. The van der Waals surface area contributed by atoms with Crippen LogP contribution < -0.4 is 4.74 Å². The summed E-state index contributed by atoms with van der Waals surface area (Å²) in [6.45, 7) is 2.25. The Morgan fingerprint density at radius 1 is 1.37 bits per heavy atom. The van der Waals surface area contributed by atoms with Crippen LogP contribution in [0.4, 0.5) is 0 Å². The Morgan fingerprint density at radius 3 is 2.84 bits per heavy atom. The SMILES string of the molecule is COc1ccn2c3c(c(C)c2c1)C(N(C)C)CCC3. The van der Waals surface area contributed by atoms with Crippen molar-refractivity contribution >= 4 is 5.52 Å². The van der Waals surface area contributed by atoms with E-state index >= 15 is 0 Å². The van der Waals surface area contributed by atoms with Crippen LogP contribution in [-0.2, 0) is 6.42 Å². The molecule has 0 radical (unpaired) electrons. The Balaban J connectivity index is 2.26. The molecule has 0 saturated carbocycles. The number of hydrogen-bond acceptors (Lipinski definition) is 2. The molecule has 0 spiro atoms. The van der Waals surface area contributed by atoms with Crippen molar-refractivity contribution in [2.75, 3.05) is 21.2 Å². The van der Waals surface area contributed by atoms with Crippen molar-refractivity contribution in [1.82, 2.24) is 9.30 Å². The highest BCUT2D eigenvalue weighted by atomic mass is 16.5. The monoisotopic (exact) mass is 258 g/mol. The van der Waals surface area contributed by atoms with Crippen LogP contribution in [0.15, 0.2) is 18.3 Å². The summed E-state index contributed by atoms with van der Waals surface area (Å²) in [5.74, 6) is 0.937. The van der Waals surface area contributed by atoms with E-state index in [1.807, 2.05) is 6.07 Å². The van der Waals surface area contributed by atoms with Crippen molar-refractivity contribution in [3.63, 3.8) is 0 Å². The van der Waals surface area contributed by atoms with E-state index < -0.39 is 0 Å². The molecular weight excluding hydrogens is 236 g/mol. The summed E-state index contributed by atoms with van der Waals surface area (Å²) < 4.78 is 7.71. The number of fused-ring (bicyclic) bond motifs is 3. The Labute approximate surface area is 114 Å². The van der Waals surface area contributed by atoms with Crippen molar-refractivity contribution in [3.05, 3.63) is 35.2 Å². The average molecular weight is 258 g/mol. The number of methoxy groups -OCH3 is 1. The maximum Gasteiger partial charge on any atom is 0.122 e. The first-order valence-corrected chi connectivity index (χ1v) is 6.97. The number of nitrogens with zero attached hydrogens (tertiary/aromatic N) is 2. The summed E-state index contributed by atoms with van der Waals surface area (Å²) in [6, 6.07) is 4.75. The number of ether oxygens (including phenoxy) is 1. The Bertz CT molecular complexity index is 613. The largest absolute Gasteiger partial charge is 0.497 e. The van der Waals surface area contributed by atoms with Crippen LogP contribution in [0.2, 0.25) is 0 Å². The van der Waals surface area contributed by atoms with Gasteiger partial charge in [0.2, 0.25) is 0 Å². The van der Waals surface area contributed by atoms with Crippen LogP contribution in [-0.4, -0.2) is 30.5 Å². The Hall–Kier alpha value is -1.48. The van der Waals surface area contributed by atoms with E-state index in [0.717, 1.165) is 5.75 Å². The molecule has 0 bridgehead atoms. The summed E-state index contributed by atoms with van der Waals surface area (Å²) in [6.07, 6.45) is 5.86. The second kappa shape index (κ2) is 4.57. The highest BCUT2D eigenvalue weighted by molar-refractivity contribution is 5.64. The van der Waals surface area contributed by atoms with Gasteiger partial charge in [0.05, 0.1) is 12.6 Å². The lowest BCUT2D eigenvalue weighted by atomic mass is 9.89. The smallest absolute Gasteiger partial charge is 0.122 e. The van der Waals surface area contributed by atoms with E-state index in [4.69, 9.17) is 4.74 Å². The van der Waals surface area contributed by atoms with Gasteiger partial charge in [-0.3, -0.25) is 0 Å². The maximum atomic E-state index is 5.36. The van der Waals surface area contributed by atoms with Gasteiger partial charge in [-0.05, 0) is 57.5 Å². The zero-order valence-corrected chi connectivity index (χ0v) is 12.2. The van der Waals surface area contributed by atoms with Gasteiger partial charge in [-0.15, -0.1) is 0 Å². The molecular formula is C16H22N2O. The molecule has 0 saturated heterocycles. The zero-order chi connectivity index (χ0) is 13.6. The lowest BCUT2D eigenvalue weighted by Gasteiger charge is -2.29. The van der Waals surface area contributed by atoms with E-state index in [9.17, 15) is 0 Å². The molecule has 3 nitrogen and oxygen atoms in total. The van der Waals surface area contributed by atoms with E-state index in [2.05, 4.69) is 42.6 Å². The molecule has 1 aliphatic carbocycles. The standard InChI is InChI=1S/C16H22N2O/c1-11-15-10-12(19-4)8-9-18(15)14-7-5-6-13(16(11)14)17(2)3/h8-10,13H,5-7H2,1-4H3. The average Bonchev–Trinajstić information content (AvgIpc) is 2.72. The molecule has 0 amide bonds. The van der Waals surface area contributed by atoms with Crippen LogP contribution in [0.25, 0.3) is 5.52 Å². The lowest BCUT2D eigenvalue weighted by molar-refractivity contribution is 0.267. The second-order valence-electron chi connectivity index (χ2n) is 5.68. The van der Waals surface area contributed by atoms with Gasteiger partial charge >= 0.3 is 0 Å². The number of rotatable bonds is 2. The third-order valence-electron chi connectivity index (χ3n) is 4.40. The quantitative estimate of drug-likeness (QED) is 0.822. The minimum atomic E-state index is 0.551. The second-order valence-corrected chi connectivity index (χ2v) is 5.68. The van der Waals surface area contributed by atoms with Gasteiger partial charge in [0, 0.05) is 24.0 Å². The lowest BCUT2D eigenvalue weighted by Crippen LogP contribution is -2.24. The van der Waals surface area contributed by atoms with Crippen molar-refractivity contribution in [1.29, 1.82) is 0 Å². The zero-order valence-electron chi connectivity index (χ0n) is 12.2. The first-order chi connectivity index (χ1) is 9.13. The van der Waals surface area contributed by atoms with Crippen LogP contribution in [0.1, 0.15) is 35.7 Å². The van der Waals surface area contributed by atoms with Crippen LogP contribution in [0, 0.1) is 6.92 Å². The third-order valence-corrected chi connectivity index (χ3v) is 4.40. The molecule has 1 aliphatic rings. The van der Waals surface area contributed by atoms with Gasteiger partial charge in [0.15, 0.2) is 0 Å². The normalized spacial score (nSPS) is 18.9. The van der Waals surface area contributed by atoms with Crippen molar-refractivity contribution < 1.29 is 4.74 Å². The van der Waals surface area contributed by atoms with Crippen LogP contribution >= 0.6 is 0 Å². The number of aryl methyl sites for hydroxylation is 2. The number of pyridine rings is 1. The summed E-state index contributed by atoms with van der Waals surface area (Å²) in [5, 5.41) is 0. The summed E-state index contributed by atoms with van der Waals surface area (Å²) in [7, 11) is 6.09. The van der Waals surface area contributed by atoms with Crippen molar-refractivity contribution in [2.45, 2.75) is 32.2 Å². The highest BCUT2D eigenvalue weighted by Crippen LogP contribution is 2.39. The molecule has 102 valence electrons. The minimum Gasteiger partial charge on any atom is -0.497 e. The predicted molar refractivity (Wildman–Crippen MR) is 78.1 cm³/mol. The van der Waals surface area contributed by atoms with E-state index in [1.54, 1.807) is 7.11 Å². The predicted octanol–water partition coefficient (Wildman–Crippen LogP) is 3.20. The van der Waals surface area contributed by atoms with Crippen LogP contribution in [0.5, 0.6) is 5.75 Å². The van der Waals surface area contributed by atoms with Crippen molar-refractivity contribution in [3.8, 4) is 5.75 Å². The Morgan fingerprint density at radius 2 is 2.16 bits per heavy atom. The van der Waals surface area contributed by atoms with E-state index in [0.29, 0.717) is 6.04 Å². The summed E-state index contributed by atoms with van der Waals surface area (Å²) in [4.78, 5) is 2.35. The van der Waals surface area contributed by atoms with Gasteiger partial charge < -0.3 is 14.0 Å². The van der Waals surface area contributed by atoms with Gasteiger partial charge in [-0.2, -0.15) is 0 Å². The molecule has 1 unspecified atom stereocenters. The summed E-state index contributed by atoms with van der Waals surface area (Å²) in [5.41, 5.74) is 5.72. The van der Waals surface area contributed by atoms with Gasteiger partial charge in [0.25, 0.3) is 0 Å². The first kappa shape index (κ1) is 12.5. The number of aromatic nitrogens is 1. The third kappa shape index (κ3) is 1.84. The van der Waals surface area contributed by atoms with Gasteiger partial charge in [-0.25, -0.2) is 0 Å². The Kier molecular flexibility index (Phi) is 3.02. The fourth-order valence-corrected chi connectivity index (χ4v) is 3.44. The van der Waals surface area contributed by atoms with Gasteiger partial charge in [0.1, 0.15) is 5.75 Å².